The minimum atomic E-state index is 0.301. The highest BCUT2D eigenvalue weighted by atomic mass is 16.5. The lowest BCUT2D eigenvalue weighted by Crippen LogP contribution is -2.63. The van der Waals surface area contributed by atoms with E-state index in [1.165, 1.54) is 32.7 Å². The van der Waals surface area contributed by atoms with Crippen molar-refractivity contribution >= 4 is 16.9 Å². The molecule has 0 bridgehead atoms. The number of nitrogen functional groups attached to an aromatic ring is 1. The number of anilines is 1. The maximum Gasteiger partial charge on any atom is 0.164 e. The van der Waals surface area contributed by atoms with Crippen LogP contribution in [0.15, 0.2) is 60.9 Å². The van der Waals surface area contributed by atoms with Gasteiger partial charge in [-0.2, -0.15) is 5.10 Å². The fourth-order valence-electron chi connectivity index (χ4n) is 6.02. The van der Waals surface area contributed by atoms with Crippen LogP contribution in [0.25, 0.3) is 22.3 Å². The van der Waals surface area contributed by atoms with Gasteiger partial charge in [-0.25, -0.2) is 14.6 Å². The molecule has 3 fully saturated rings. The molecule has 2 aromatic carbocycles. The third-order valence-corrected chi connectivity index (χ3v) is 8.31. The zero-order chi connectivity index (χ0) is 25.5. The van der Waals surface area contributed by atoms with E-state index in [9.17, 15) is 0 Å². The van der Waals surface area contributed by atoms with Crippen molar-refractivity contribution in [1.29, 1.82) is 0 Å². The summed E-state index contributed by atoms with van der Waals surface area (Å²) in [6.07, 6.45) is 3.67. The van der Waals surface area contributed by atoms with Gasteiger partial charge in [0.25, 0.3) is 0 Å². The SMILES string of the molecule is Nc1ncnc2c1c(-c1ccc(Oc3ccccc3)cc1)nn2C1CCN(C2CN(CC3CNC3)C2)CC1. The van der Waals surface area contributed by atoms with Crippen molar-refractivity contribution < 1.29 is 4.74 Å². The highest BCUT2D eigenvalue weighted by Crippen LogP contribution is 2.35. The Morgan fingerprint density at radius 2 is 1.63 bits per heavy atom. The molecule has 3 aliphatic heterocycles. The highest BCUT2D eigenvalue weighted by molar-refractivity contribution is 5.98. The predicted octanol–water partition coefficient (Wildman–Crippen LogP) is 3.41. The third kappa shape index (κ3) is 4.51. The largest absolute Gasteiger partial charge is 0.457 e. The normalized spacial score (nSPS) is 19.9. The zero-order valence-corrected chi connectivity index (χ0v) is 21.5. The number of ether oxygens (including phenoxy) is 1. The summed E-state index contributed by atoms with van der Waals surface area (Å²) in [5.41, 5.74) is 8.99. The van der Waals surface area contributed by atoms with Crippen molar-refractivity contribution in [1.82, 2.24) is 34.9 Å². The van der Waals surface area contributed by atoms with Crippen LogP contribution in [0.1, 0.15) is 18.9 Å². The zero-order valence-electron chi connectivity index (χ0n) is 21.5. The summed E-state index contributed by atoms with van der Waals surface area (Å²) in [7, 11) is 0. The summed E-state index contributed by atoms with van der Waals surface area (Å²) in [4.78, 5) is 14.2. The standard InChI is InChI=1S/C29H34N8O/c30-28-26-27(21-6-8-25(9-7-21)38-24-4-2-1-3-5-24)34-37(29(26)33-19-32-28)22-10-12-36(13-11-22)23-17-35(18-23)16-20-14-31-15-20/h1-9,19-20,22-23,31H,10-18H2,(H2,30,32,33). The Balaban J connectivity index is 1.06. The van der Waals surface area contributed by atoms with Crippen LogP contribution in [0.3, 0.4) is 0 Å². The lowest BCUT2D eigenvalue weighted by atomic mass is 9.96. The van der Waals surface area contributed by atoms with Crippen LogP contribution in [0.2, 0.25) is 0 Å². The monoisotopic (exact) mass is 510 g/mol. The first-order valence-corrected chi connectivity index (χ1v) is 13.7. The first kappa shape index (κ1) is 23.6. The molecular formula is C29H34N8O. The van der Waals surface area contributed by atoms with E-state index in [1.807, 2.05) is 54.6 Å². The highest BCUT2D eigenvalue weighted by Gasteiger charge is 2.36. The van der Waals surface area contributed by atoms with E-state index < -0.39 is 0 Å². The second-order valence-electron chi connectivity index (χ2n) is 10.9. The fraction of sp³-hybridized carbons (Fsp3) is 0.414. The Labute approximate surface area is 222 Å². The van der Waals surface area contributed by atoms with Gasteiger partial charge in [-0.15, -0.1) is 0 Å². The molecule has 7 rings (SSSR count). The Kier molecular flexibility index (Phi) is 6.19. The van der Waals surface area contributed by atoms with Gasteiger partial charge in [0, 0.05) is 57.4 Å². The van der Waals surface area contributed by atoms with Gasteiger partial charge in [-0.3, -0.25) is 9.80 Å². The molecule has 5 heterocycles. The van der Waals surface area contributed by atoms with E-state index in [-0.39, 0.29) is 0 Å². The van der Waals surface area contributed by atoms with Gasteiger partial charge in [-0.05, 0) is 55.2 Å². The molecule has 2 aromatic heterocycles. The van der Waals surface area contributed by atoms with Gasteiger partial charge < -0.3 is 15.8 Å². The molecule has 3 N–H and O–H groups in total. The first-order valence-electron chi connectivity index (χ1n) is 13.7. The summed E-state index contributed by atoms with van der Waals surface area (Å²) in [6, 6.07) is 18.8. The van der Waals surface area contributed by atoms with E-state index in [4.69, 9.17) is 15.6 Å². The number of nitrogens with one attached hydrogen (secondary N) is 1. The number of aromatic nitrogens is 4. The third-order valence-electron chi connectivity index (χ3n) is 8.31. The van der Waals surface area contributed by atoms with E-state index in [0.29, 0.717) is 17.9 Å². The maximum absolute atomic E-state index is 6.37. The maximum atomic E-state index is 6.37. The molecule has 0 radical (unpaired) electrons. The number of benzene rings is 2. The molecule has 38 heavy (non-hydrogen) atoms. The van der Waals surface area contributed by atoms with E-state index in [2.05, 4.69) is 29.8 Å². The number of para-hydroxylation sites is 1. The first-order chi connectivity index (χ1) is 18.7. The van der Waals surface area contributed by atoms with E-state index >= 15 is 0 Å². The molecular weight excluding hydrogens is 476 g/mol. The topological polar surface area (TPSA) is 97.4 Å². The molecule has 0 spiro atoms. The number of nitrogens with zero attached hydrogens (tertiary/aromatic N) is 6. The summed E-state index contributed by atoms with van der Waals surface area (Å²) >= 11 is 0. The average molecular weight is 511 g/mol. The lowest BCUT2D eigenvalue weighted by molar-refractivity contribution is 0.00283. The van der Waals surface area contributed by atoms with Crippen LogP contribution in [-0.4, -0.2) is 81.4 Å². The van der Waals surface area contributed by atoms with Crippen molar-refractivity contribution in [3.05, 3.63) is 60.9 Å². The summed E-state index contributed by atoms with van der Waals surface area (Å²) in [5, 5.41) is 9.29. The predicted molar refractivity (Wildman–Crippen MR) is 148 cm³/mol. The van der Waals surface area contributed by atoms with Crippen molar-refractivity contribution in [2.24, 2.45) is 5.92 Å². The van der Waals surface area contributed by atoms with Crippen molar-refractivity contribution in [2.45, 2.75) is 24.9 Å². The number of hydrogen-bond donors (Lipinski definition) is 2. The number of fused-ring (bicyclic) bond motifs is 1. The van der Waals surface area contributed by atoms with Crippen LogP contribution < -0.4 is 15.8 Å². The van der Waals surface area contributed by atoms with Crippen LogP contribution in [0.5, 0.6) is 11.5 Å². The van der Waals surface area contributed by atoms with E-state index in [1.54, 1.807) is 6.33 Å². The molecule has 4 aromatic rings. The van der Waals surface area contributed by atoms with E-state index in [0.717, 1.165) is 65.6 Å². The number of rotatable bonds is 7. The minimum Gasteiger partial charge on any atom is -0.457 e. The second kappa shape index (κ2) is 9.98. The van der Waals surface area contributed by atoms with Crippen molar-refractivity contribution in [2.75, 3.05) is 51.5 Å². The minimum absolute atomic E-state index is 0.301. The molecule has 0 atom stereocenters. The van der Waals surface area contributed by atoms with Gasteiger partial charge in [0.15, 0.2) is 5.65 Å². The molecule has 0 saturated carbocycles. The average Bonchev–Trinajstić information content (AvgIpc) is 3.29. The van der Waals surface area contributed by atoms with Gasteiger partial charge in [0.2, 0.25) is 0 Å². The summed E-state index contributed by atoms with van der Waals surface area (Å²) in [5.74, 6) is 2.91. The van der Waals surface area contributed by atoms with Crippen LogP contribution in [0, 0.1) is 5.92 Å². The van der Waals surface area contributed by atoms with Crippen LogP contribution in [0.4, 0.5) is 5.82 Å². The Morgan fingerprint density at radius 3 is 2.34 bits per heavy atom. The molecule has 196 valence electrons. The molecule has 0 aliphatic carbocycles. The molecule has 3 saturated heterocycles. The Morgan fingerprint density at radius 1 is 0.895 bits per heavy atom. The number of likely N-dealkylation sites (tertiary alicyclic amines) is 2. The van der Waals surface area contributed by atoms with Gasteiger partial charge in [-0.1, -0.05) is 18.2 Å². The van der Waals surface area contributed by atoms with Crippen molar-refractivity contribution in [3.63, 3.8) is 0 Å². The lowest BCUT2D eigenvalue weighted by Gasteiger charge is -2.49. The summed E-state index contributed by atoms with van der Waals surface area (Å²) in [6.45, 7) is 8.24. The number of hydrogen-bond acceptors (Lipinski definition) is 8. The van der Waals surface area contributed by atoms with Gasteiger partial charge in [0.1, 0.15) is 29.3 Å². The Bertz CT molecular complexity index is 1390. The van der Waals surface area contributed by atoms with Gasteiger partial charge >= 0.3 is 0 Å². The molecule has 9 nitrogen and oxygen atoms in total. The molecule has 0 amide bonds. The molecule has 0 unspecified atom stereocenters. The summed E-state index contributed by atoms with van der Waals surface area (Å²) < 4.78 is 8.07. The second-order valence-corrected chi connectivity index (χ2v) is 10.9. The number of nitrogens with two attached hydrogens (primary N) is 1. The molecule has 3 aliphatic rings. The molecule has 9 heteroatoms. The smallest absolute Gasteiger partial charge is 0.164 e. The number of piperidine rings is 1. The van der Waals surface area contributed by atoms with Crippen LogP contribution in [-0.2, 0) is 0 Å². The van der Waals surface area contributed by atoms with Crippen LogP contribution >= 0.6 is 0 Å². The fourth-order valence-corrected chi connectivity index (χ4v) is 6.02. The van der Waals surface area contributed by atoms with Crippen molar-refractivity contribution in [3.8, 4) is 22.8 Å². The van der Waals surface area contributed by atoms with Gasteiger partial charge in [0.05, 0.1) is 11.4 Å². The quantitative estimate of drug-likeness (QED) is 0.391. The Hall–Kier alpha value is -3.53.